The molecule has 0 aromatic carbocycles. The third kappa shape index (κ3) is 3.56. The van der Waals surface area contributed by atoms with Crippen LogP contribution in [0.2, 0.25) is 0 Å². The van der Waals surface area contributed by atoms with Crippen LogP contribution >= 0.6 is 11.3 Å². The van der Waals surface area contributed by atoms with Gasteiger partial charge < -0.3 is 4.74 Å². The first-order valence-corrected chi connectivity index (χ1v) is 7.87. The molecule has 1 fully saturated rings. The van der Waals surface area contributed by atoms with Crippen molar-refractivity contribution in [2.75, 3.05) is 6.61 Å². The minimum atomic E-state index is -4.42. The number of aromatic nitrogens is 1. The molecule has 0 spiro atoms. The maximum absolute atomic E-state index is 12.7. The number of hydrogen-bond donors (Lipinski definition) is 2. The summed E-state index contributed by atoms with van der Waals surface area (Å²) in [5.74, 6) is 5.64. The standard InChI is InChI=1S/C13H20F3N3OS/c1-2-20-12(6-4-3-5-7-12)10(19-17)9-8-18-11(21-9)13(14,15)16/h8,10,19H,2-7,17H2,1H3. The maximum Gasteiger partial charge on any atom is 0.443 e. The van der Waals surface area contributed by atoms with Crippen LogP contribution in [-0.4, -0.2) is 17.2 Å². The Bertz CT molecular complexity index is 452. The van der Waals surface area contributed by atoms with Crippen molar-refractivity contribution >= 4 is 11.3 Å². The van der Waals surface area contributed by atoms with Gasteiger partial charge in [-0.3, -0.25) is 5.84 Å². The zero-order valence-electron chi connectivity index (χ0n) is 11.9. The lowest BCUT2D eigenvalue weighted by Gasteiger charge is -2.42. The fourth-order valence-corrected chi connectivity index (χ4v) is 3.95. The summed E-state index contributed by atoms with van der Waals surface area (Å²) in [6.07, 6.45) is 1.50. The van der Waals surface area contributed by atoms with E-state index >= 15 is 0 Å². The van der Waals surface area contributed by atoms with Gasteiger partial charge in [-0.25, -0.2) is 10.4 Å². The van der Waals surface area contributed by atoms with Gasteiger partial charge in [0.05, 0.1) is 11.6 Å². The van der Waals surface area contributed by atoms with E-state index < -0.39 is 22.8 Å². The molecule has 1 heterocycles. The zero-order chi connectivity index (χ0) is 15.5. The Labute approximate surface area is 125 Å². The second kappa shape index (κ2) is 6.60. The van der Waals surface area contributed by atoms with Gasteiger partial charge in [0, 0.05) is 17.7 Å². The van der Waals surface area contributed by atoms with E-state index in [1.54, 1.807) is 0 Å². The van der Waals surface area contributed by atoms with E-state index in [1.165, 1.54) is 6.20 Å². The van der Waals surface area contributed by atoms with Gasteiger partial charge in [-0.1, -0.05) is 19.3 Å². The lowest BCUT2D eigenvalue weighted by molar-refractivity contribution is -0.137. The Morgan fingerprint density at radius 2 is 2.10 bits per heavy atom. The topological polar surface area (TPSA) is 60.2 Å². The molecule has 21 heavy (non-hydrogen) atoms. The summed E-state index contributed by atoms with van der Waals surface area (Å²) in [6, 6.07) is -0.466. The highest BCUT2D eigenvalue weighted by Gasteiger charge is 2.43. The summed E-state index contributed by atoms with van der Waals surface area (Å²) < 4.78 is 44.1. The molecule has 0 aliphatic heterocycles. The molecule has 1 aromatic rings. The summed E-state index contributed by atoms with van der Waals surface area (Å²) in [7, 11) is 0. The molecule has 1 aliphatic carbocycles. The second-order valence-electron chi connectivity index (χ2n) is 5.22. The molecule has 8 heteroatoms. The zero-order valence-corrected chi connectivity index (χ0v) is 12.7. The van der Waals surface area contributed by atoms with Crippen molar-refractivity contribution in [1.82, 2.24) is 10.4 Å². The molecule has 0 amide bonds. The molecule has 3 N–H and O–H groups in total. The summed E-state index contributed by atoms with van der Waals surface area (Å²) in [5.41, 5.74) is 2.11. The van der Waals surface area contributed by atoms with Crippen LogP contribution in [0.3, 0.4) is 0 Å². The van der Waals surface area contributed by atoms with Crippen LogP contribution in [0.1, 0.15) is 55.0 Å². The summed E-state index contributed by atoms with van der Waals surface area (Å²) in [4.78, 5) is 3.96. The van der Waals surface area contributed by atoms with Gasteiger partial charge in [-0.15, -0.1) is 11.3 Å². The summed E-state index contributed by atoms with van der Waals surface area (Å²) in [6.45, 7) is 2.39. The fraction of sp³-hybridized carbons (Fsp3) is 0.769. The summed E-state index contributed by atoms with van der Waals surface area (Å²) in [5, 5.41) is -0.847. The van der Waals surface area contributed by atoms with Crippen molar-refractivity contribution in [3.05, 3.63) is 16.1 Å². The van der Waals surface area contributed by atoms with Crippen LogP contribution in [0.15, 0.2) is 6.20 Å². The van der Waals surface area contributed by atoms with E-state index in [0.29, 0.717) is 22.8 Å². The van der Waals surface area contributed by atoms with Crippen molar-refractivity contribution in [1.29, 1.82) is 0 Å². The number of thiazole rings is 1. The molecular formula is C13H20F3N3OS. The van der Waals surface area contributed by atoms with Crippen LogP contribution in [-0.2, 0) is 10.9 Å². The molecule has 1 aliphatic rings. The van der Waals surface area contributed by atoms with E-state index in [9.17, 15) is 13.2 Å². The van der Waals surface area contributed by atoms with Crippen LogP contribution in [0.4, 0.5) is 13.2 Å². The smallest absolute Gasteiger partial charge is 0.373 e. The Morgan fingerprint density at radius 1 is 1.43 bits per heavy atom. The maximum atomic E-state index is 12.7. The molecule has 0 radical (unpaired) electrons. The van der Waals surface area contributed by atoms with Gasteiger partial charge in [0.15, 0.2) is 5.01 Å². The SMILES string of the molecule is CCOC1(C(NN)c2cnc(C(F)(F)F)s2)CCCCC1. The molecule has 2 rings (SSSR count). The minimum Gasteiger partial charge on any atom is -0.373 e. The highest BCUT2D eigenvalue weighted by atomic mass is 32.1. The number of nitrogens with zero attached hydrogens (tertiary/aromatic N) is 1. The Hall–Kier alpha value is -0.700. The number of ether oxygens (including phenoxy) is 1. The highest BCUT2D eigenvalue weighted by Crippen LogP contribution is 2.44. The first-order chi connectivity index (χ1) is 9.93. The highest BCUT2D eigenvalue weighted by molar-refractivity contribution is 7.11. The normalized spacial score (nSPS) is 20.4. The predicted molar refractivity (Wildman–Crippen MR) is 74.6 cm³/mol. The molecule has 120 valence electrons. The number of nitrogens with one attached hydrogen (secondary N) is 1. The minimum absolute atomic E-state index is 0.466. The van der Waals surface area contributed by atoms with Crippen LogP contribution < -0.4 is 11.3 Å². The monoisotopic (exact) mass is 323 g/mol. The molecule has 0 bridgehead atoms. The molecule has 1 aromatic heterocycles. The van der Waals surface area contributed by atoms with E-state index in [2.05, 4.69) is 10.4 Å². The Morgan fingerprint density at radius 3 is 2.57 bits per heavy atom. The average molecular weight is 323 g/mol. The van der Waals surface area contributed by atoms with E-state index in [0.717, 1.165) is 32.1 Å². The fourth-order valence-electron chi connectivity index (χ4n) is 3.00. The van der Waals surface area contributed by atoms with Gasteiger partial charge in [0.25, 0.3) is 0 Å². The number of alkyl halides is 3. The third-order valence-electron chi connectivity index (χ3n) is 3.88. The summed E-state index contributed by atoms with van der Waals surface area (Å²) >= 11 is 0.632. The molecular weight excluding hydrogens is 303 g/mol. The van der Waals surface area contributed by atoms with Gasteiger partial charge in [0.2, 0.25) is 0 Å². The molecule has 1 unspecified atom stereocenters. The molecule has 1 saturated carbocycles. The van der Waals surface area contributed by atoms with Crippen LogP contribution in [0.25, 0.3) is 0 Å². The van der Waals surface area contributed by atoms with Gasteiger partial charge in [-0.05, 0) is 19.8 Å². The van der Waals surface area contributed by atoms with Crippen molar-refractivity contribution in [3.63, 3.8) is 0 Å². The van der Waals surface area contributed by atoms with Crippen molar-refractivity contribution < 1.29 is 17.9 Å². The Balaban J connectivity index is 2.30. The first kappa shape index (κ1) is 16.7. The lowest BCUT2D eigenvalue weighted by Crippen LogP contribution is -2.49. The van der Waals surface area contributed by atoms with Crippen molar-refractivity contribution in [2.45, 2.75) is 56.8 Å². The van der Waals surface area contributed by atoms with Crippen LogP contribution in [0, 0.1) is 0 Å². The largest absolute Gasteiger partial charge is 0.443 e. The van der Waals surface area contributed by atoms with E-state index in [-0.39, 0.29) is 0 Å². The number of halogens is 3. The van der Waals surface area contributed by atoms with Gasteiger partial charge >= 0.3 is 6.18 Å². The van der Waals surface area contributed by atoms with Gasteiger partial charge in [-0.2, -0.15) is 13.2 Å². The molecule has 4 nitrogen and oxygen atoms in total. The van der Waals surface area contributed by atoms with E-state index in [4.69, 9.17) is 10.6 Å². The third-order valence-corrected chi connectivity index (χ3v) is 4.98. The number of rotatable bonds is 5. The molecule has 0 saturated heterocycles. The number of hydrogen-bond acceptors (Lipinski definition) is 5. The van der Waals surface area contributed by atoms with E-state index in [1.807, 2.05) is 6.92 Å². The van der Waals surface area contributed by atoms with Crippen LogP contribution in [0.5, 0.6) is 0 Å². The number of hydrazine groups is 1. The second-order valence-corrected chi connectivity index (χ2v) is 6.29. The van der Waals surface area contributed by atoms with Gasteiger partial charge in [0.1, 0.15) is 0 Å². The Kier molecular flexibility index (Phi) is 5.24. The lowest BCUT2D eigenvalue weighted by atomic mass is 9.79. The number of nitrogens with two attached hydrogens (primary N) is 1. The first-order valence-electron chi connectivity index (χ1n) is 7.06. The predicted octanol–water partition coefficient (Wildman–Crippen LogP) is 3.41. The average Bonchev–Trinajstić information content (AvgIpc) is 2.90. The van der Waals surface area contributed by atoms with Crippen molar-refractivity contribution in [3.8, 4) is 0 Å². The molecule has 1 atom stereocenters. The quantitative estimate of drug-likeness (QED) is 0.644. The van der Waals surface area contributed by atoms with Crippen molar-refractivity contribution in [2.24, 2.45) is 5.84 Å².